The summed E-state index contributed by atoms with van der Waals surface area (Å²) >= 11 is 0. The number of nitrogens with zero attached hydrogens (tertiary/aromatic N) is 3. The normalized spacial score (nSPS) is 15.2. The van der Waals surface area contributed by atoms with E-state index in [2.05, 4.69) is 31.1 Å². The van der Waals surface area contributed by atoms with Crippen molar-refractivity contribution >= 4 is 11.7 Å². The highest BCUT2D eigenvalue weighted by Crippen LogP contribution is 2.35. The monoisotopic (exact) mass is 356 g/mol. The second kappa shape index (κ2) is 7.48. The summed E-state index contributed by atoms with van der Waals surface area (Å²) in [6, 6.07) is 5.66. The smallest absolute Gasteiger partial charge is 0.229 e. The average Bonchev–Trinajstić information content (AvgIpc) is 3.23. The van der Waals surface area contributed by atoms with Crippen molar-refractivity contribution in [1.82, 2.24) is 14.8 Å². The summed E-state index contributed by atoms with van der Waals surface area (Å²) in [7, 11) is 1.57. The van der Waals surface area contributed by atoms with E-state index in [0.29, 0.717) is 11.8 Å². The Morgan fingerprint density at radius 1 is 1.31 bits per heavy atom. The predicted molar refractivity (Wildman–Crippen MR) is 102 cm³/mol. The molecular weight excluding hydrogens is 328 g/mol. The van der Waals surface area contributed by atoms with Gasteiger partial charge in [0.05, 0.1) is 24.8 Å². The number of amides is 1. The Bertz CT molecular complexity index is 770. The second-order valence-electron chi connectivity index (χ2n) is 7.95. The SMILES string of the molecule is COc1cc(CC(=O)Nc2cc(C3CCCC3)nn2C(C)(C)C)ccn1. The van der Waals surface area contributed by atoms with Gasteiger partial charge in [-0.25, -0.2) is 9.67 Å². The molecule has 0 bridgehead atoms. The molecule has 140 valence electrons. The van der Waals surface area contributed by atoms with Crippen LogP contribution in [0.2, 0.25) is 0 Å². The van der Waals surface area contributed by atoms with E-state index in [0.717, 1.165) is 17.1 Å². The van der Waals surface area contributed by atoms with Crippen LogP contribution in [0.5, 0.6) is 5.88 Å². The number of methoxy groups -OCH3 is 1. The van der Waals surface area contributed by atoms with Crippen molar-refractivity contribution in [2.75, 3.05) is 12.4 Å². The lowest BCUT2D eigenvalue weighted by atomic mass is 10.0. The number of anilines is 1. The maximum atomic E-state index is 12.6. The zero-order valence-corrected chi connectivity index (χ0v) is 16.1. The number of ether oxygens (including phenoxy) is 1. The van der Waals surface area contributed by atoms with Crippen LogP contribution in [0.4, 0.5) is 5.82 Å². The molecule has 1 saturated carbocycles. The molecule has 2 aromatic heterocycles. The van der Waals surface area contributed by atoms with Gasteiger partial charge in [-0.05, 0) is 45.2 Å². The largest absolute Gasteiger partial charge is 0.481 e. The van der Waals surface area contributed by atoms with E-state index < -0.39 is 0 Å². The molecule has 0 radical (unpaired) electrons. The second-order valence-corrected chi connectivity index (χ2v) is 7.95. The third-order valence-electron chi connectivity index (χ3n) is 4.78. The molecule has 0 atom stereocenters. The maximum absolute atomic E-state index is 12.6. The predicted octanol–water partition coefficient (Wildman–Crippen LogP) is 3.88. The Morgan fingerprint density at radius 3 is 2.69 bits per heavy atom. The van der Waals surface area contributed by atoms with E-state index in [1.54, 1.807) is 19.4 Å². The average molecular weight is 356 g/mol. The van der Waals surface area contributed by atoms with Crippen LogP contribution in [0.1, 0.15) is 63.6 Å². The highest BCUT2D eigenvalue weighted by Gasteiger charge is 2.26. The van der Waals surface area contributed by atoms with Gasteiger partial charge < -0.3 is 10.1 Å². The number of pyridine rings is 1. The Kier molecular flexibility index (Phi) is 5.30. The Balaban J connectivity index is 1.77. The first-order valence-corrected chi connectivity index (χ1v) is 9.26. The lowest BCUT2D eigenvalue weighted by molar-refractivity contribution is -0.115. The molecule has 2 heterocycles. The standard InChI is InChI=1S/C20H28N4O2/c1-20(2,3)24-17(13-16(23-24)15-7-5-6-8-15)22-18(25)11-14-9-10-21-19(12-14)26-4/h9-10,12-13,15H,5-8,11H2,1-4H3,(H,22,25). The fourth-order valence-electron chi connectivity index (χ4n) is 3.47. The minimum absolute atomic E-state index is 0.0679. The Morgan fingerprint density at radius 2 is 2.04 bits per heavy atom. The van der Waals surface area contributed by atoms with Crippen LogP contribution in [-0.2, 0) is 16.8 Å². The number of carbonyl (C=O) groups is 1. The summed E-state index contributed by atoms with van der Waals surface area (Å²) in [5.74, 6) is 1.73. The topological polar surface area (TPSA) is 69.0 Å². The first kappa shape index (κ1) is 18.4. The molecule has 1 N–H and O–H groups in total. The first-order chi connectivity index (χ1) is 12.4. The molecule has 0 spiro atoms. The molecule has 6 nitrogen and oxygen atoms in total. The quantitative estimate of drug-likeness (QED) is 0.883. The number of hydrogen-bond donors (Lipinski definition) is 1. The van der Waals surface area contributed by atoms with E-state index in [1.807, 2.05) is 16.8 Å². The third-order valence-corrected chi connectivity index (χ3v) is 4.78. The molecule has 1 fully saturated rings. The molecule has 1 amide bonds. The van der Waals surface area contributed by atoms with Crippen molar-refractivity contribution in [2.24, 2.45) is 0 Å². The molecule has 0 saturated heterocycles. The van der Waals surface area contributed by atoms with Crippen molar-refractivity contribution in [3.8, 4) is 5.88 Å². The summed E-state index contributed by atoms with van der Waals surface area (Å²) < 4.78 is 7.06. The van der Waals surface area contributed by atoms with Gasteiger partial charge in [0, 0.05) is 24.2 Å². The highest BCUT2D eigenvalue weighted by molar-refractivity contribution is 5.91. The van der Waals surface area contributed by atoms with Gasteiger partial charge in [-0.1, -0.05) is 12.8 Å². The van der Waals surface area contributed by atoms with Crippen LogP contribution in [0.15, 0.2) is 24.4 Å². The van der Waals surface area contributed by atoms with Crippen LogP contribution in [0.25, 0.3) is 0 Å². The summed E-state index contributed by atoms with van der Waals surface area (Å²) in [6.07, 6.45) is 6.82. The van der Waals surface area contributed by atoms with E-state index in [1.165, 1.54) is 25.7 Å². The van der Waals surface area contributed by atoms with Gasteiger partial charge in [0.1, 0.15) is 5.82 Å². The zero-order valence-electron chi connectivity index (χ0n) is 16.1. The van der Waals surface area contributed by atoms with Crippen molar-refractivity contribution in [2.45, 2.75) is 64.3 Å². The number of nitrogens with one attached hydrogen (secondary N) is 1. The summed E-state index contributed by atoms with van der Waals surface area (Å²) in [5.41, 5.74) is 1.77. The van der Waals surface area contributed by atoms with Gasteiger partial charge in [0.15, 0.2) is 0 Å². The molecule has 0 aromatic carbocycles. The molecule has 1 aliphatic carbocycles. The molecule has 2 aromatic rings. The lowest BCUT2D eigenvalue weighted by Crippen LogP contribution is -2.27. The summed E-state index contributed by atoms with van der Waals surface area (Å²) in [6.45, 7) is 6.30. The number of carbonyl (C=O) groups excluding carboxylic acids is 1. The van der Waals surface area contributed by atoms with E-state index >= 15 is 0 Å². The number of rotatable bonds is 5. The van der Waals surface area contributed by atoms with E-state index in [-0.39, 0.29) is 17.9 Å². The lowest BCUT2D eigenvalue weighted by Gasteiger charge is -2.22. The van der Waals surface area contributed by atoms with Crippen LogP contribution in [-0.4, -0.2) is 27.8 Å². The van der Waals surface area contributed by atoms with Gasteiger partial charge in [-0.15, -0.1) is 0 Å². The summed E-state index contributed by atoms with van der Waals surface area (Å²) in [5, 5.41) is 7.87. The van der Waals surface area contributed by atoms with Crippen molar-refractivity contribution in [1.29, 1.82) is 0 Å². The number of aromatic nitrogens is 3. The molecular formula is C20H28N4O2. The molecule has 0 aliphatic heterocycles. The van der Waals surface area contributed by atoms with Crippen LogP contribution >= 0.6 is 0 Å². The highest BCUT2D eigenvalue weighted by atomic mass is 16.5. The molecule has 1 aliphatic rings. The summed E-state index contributed by atoms with van der Waals surface area (Å²) in [4.78, 5) is 16.7. The van der Waals surface area contributed by atoms with Gasteiger partial charge in [0.25, 0.3) is 0 Å². The van der Waals surface area contributed by atoms with Gasteiger partial charge in [-0.2, -0.15) is 5.10 Å². The molecule has 0 unspecified atom stereocenters. The molecule has 26 heavy (non-hydrogen) atoms. The molecule has 3 rings (SSSR count). The maximum Gasteiger partial charge on any atom is 0.229 e. The third kappa shape index (κ3) is 4.23. The van der Waals surface area contributed by atoms with Crippen molar-refractivity contribution < 1.29 is 9.53 Å². The van der Waals surface area contributed by atoms with Crippen LogP contribution in [0, 0.1) is 0 Å². The first-order valence-electron chi connectivity index (χ1n) is 9.26. The number of hydrogen-bond acceptors (Lipinski definition) is 4. The van der Waals surface area contributed by atoms with Gasteiger partial charge in [-0.3, -0.25) is 4.79 Å². The fourth-order valence-corrected chi connectivity index (χ4v) is 3.47. The zero-order chi connectivity index (χ0) is 18.7. The van der Waals surface area contributed by atoms with Crippen molar-refractivity contribution in [3.63, 3.8) is 0 Å². The fraction of sp³-hybridized carbons (Fsp3) is 0.550. The van der Waals surface area contributed by atoms with Crippen molar-refractivity contribution in [3.05, 3.63) is 35.7 Å². The van der Waals surface area contributed by atoms with Gasteiger partial charge >= 0.3 is 0 Å². The van der Waals surface area contributed by atoms with E-state index in [9.17, 15) is 4.79 Å². The Labute approximate surface area is 155 Å². The minimum atomic E-state index is -0.195. The minimum Gasteiger partial charge on any atom is -0.481 e. The Hall–Kier alpha value is -2.37. The van der Waals surface area contributed by atoms with Crippen LogP contribution in [0.3, 0.4) is 0 Å². The molecule has 6 heteroatoms. The van der Waals surface area contributed by atoms with Gasteiger partial charge in [0.2, 0.25) is 11.8 Å². The van der Waals surface area contributed by atoms with Crippen LogP contribution < -0.4 is 10.1 Å². The van der Waals surface area contributed by atoms with E-state index in [4.69, 9.17) is 9.84 Å².